The molecule has 2 heteroatoms. The van der Waals surface area contributed by atoms with E-state index < -0.39 is 0 Å². The highest BCUT2D eigenvalue weighted by atomic mass is 15.1. The van der Waals surface area contributed by atoms with Crippen LogP contribution in [0.25, 0.3) is 0 Å². The van der Waals surface area contributed by atoms with E-state index in [1.165, 1.54) is 58.3 Å². The molecule has 0 aromatic rings. The molecule has 108 valence electrons. The molecule has 1 N–H and O–H groups in total. The van der Waals surface area contributed by atoms with E-state index in [0.717, 1.165) is 11.8 Å². The second kappa shape index (κ2) is 8.92. The smallest absolute Gasteiger partial charge is 0.0220 e. The Labute approximate surface area is 115 Å². The summed E-state index contributed by atoms with van der Waals surface area (Å²) in [6.07, 6.45) is 6.73. The zero-order chi connectivity index (χ0) is 13.4. The van der Waals surface area contributed by atoms with Gasteiger partial charge in [0.25, 0.3) is 0 Å². The van der Waals surface area contributed by atoms with Crippen molar-refractivity contribution in [3.05, 3.63) is 0 Å². The zero-order valence-corrected chi connectivity index (χ0v) is 13.0. The first-order valence-electron chi connectivity index (χ1n) is 8.13. The normalized spacial score (nSPS) is 25.7. The highest BCUT2D eigenvalue weighted by Crippen LogP contribution is 2.18. The van der Waals surface area contributed by atoms with Gasteiger partial charge in [0.1, 0.15) is 0 Å². The second-order valence-electron chi connectivity index (χ2n) is 6.28. The van der Waals surface area contributed by atoms with Crippen LogP contribution in [0.4, 0.5) is 0 Å². The summed E-state index contributed by atoms with van der Waals surface area (Å²) < 4.78 is 0. The van der Waals surface area contributed by atoms with Gasteiger partial charge in [0, 0.05) is 12.6 Å². The van der Waals surface area contributed by atoms with Crippen LogP contribution in [0.2, 0.25) is 0 Å². The second-order valence-corrected chi connectivity index (χ2v) is 6.28. The standard InChI is InChI=1S/C16H34N2/c1-5-10-17-16(15(4)6-2)13-18-11-7-8-14(3)9-12-18/h14-17H,5-13H2,1-4H3. The first-order chi connectivity index (χ1) is 8.67. The summed E-state index contributed by atoms with van der Waals surface area (Å²) in [5.74, 6) is 1.72. The van der Waals surface area contributed by atoms with Crippen molar-refractivity contribution >= 4 is 0 Å². The molecule has 1 aliphatic heterocycles. The average molecular weight is 254 g/mol. The first-order valence-corrected chi connectivity index (χ1v) is 8.13. The maximum Gasteiger partial charge on any atom is 0.0220 e. The number of likely N-dealkylation sites (tertiary alicyclic amines) is 1. The van der Waals surface area contributed by atoms with Gasteiger partial charge in [0.15, 0.2) is 0 Å². The van der Waals surface area contributed by atoms with Gasteiger partial charge >= 0.3 is 0 Å². The lowest BCUT2D eigenvalue weighted by Crippen LogP contribution is -2.45. The molecule has 0 spiro atoms. The minimum absolute atomic E-state index is 0.684. The third-order valence-electron chi connectivity index (χ3n) is 4.55. The Balaban J connectivity index is 2.42. The molecule has 18 heavy (non-hydrogen) atoms. The molecule has 1 fully saturated rings. The summed E-state index contributed by atoms with van der Waals surface area (Å²) in [6.45, 7) is 14.4. The van der Waals surface area contributed by atoms with Crippen LogP contribution < -0.4 is 5.32 Å². The Kier molecular flexibility index (Phi) is 7.92. The van der Waals surface area contributed by atoms with E-state index in [2.05, 4.69) is 37.9 Å². The largest absolute Gasteiger partial charge is 0.312 e. The topological polar surface area (TPSA) is 15.3 Å². The Morgan fingerprint density at radius 1 is 1.22 bits per heavy atom. The minimum Gasteiger partial charge on any atom is -0.312 e. The third kappa shape index (κ3) is 5.71. The molecule has 3 atom stereocenters. The lowest BCUT2D eigenvalue weighted by molar-refractivity contribution is 0.215. The molecule has 0 bridgehead atoms. The van der Waals surface area contributed by atoms with E-state index in [1.807, 2.05) is 0 Å². The van der Waals surface area contributed by atoms with Crippen LogP contribution in [0.3, 0.4) is 0 Å². The van der Waals surface area contributed by atoms with Crippen LogP contribution >= 0.6 is 0 Å². The van der Waals surface area contributed by atoms with Gasteiger partial charge in [0.2, 0.25) is 0 Å². The van der Waals surface area contributed by atoms with Crippen LogP contribution in [0.5, 0.6) is 0 Å². The number of rotatable bonds is 7. The highest BCUT2D eigenvalue weighted by Gasteiger charge is 2.20. The Hall–Kier alpha value is -0.0800. The van der Waals surface area contributed by atoms with E-state index in [0.29, 0.717) is 6.04 Å². The third-order valence-corrected chi connectivity index (χ3v) is 4.55. The molecule has 0 saturated carbocycles. The van der Waals surface area contributed by atoms with Gasteiger partial charge in [-0.25, -0.2) is 0 Å². The van der Waals surface area contributed by atoms with Crippen molar-refractivity contribution in [1.82, 2.24) is 10.2 Å². The molecule has 2 nitrogen and oxygen atoms in total. The van der Waals surface area contributed by atoms with Crippen molar-refractivity contribution in [2.75, 3.05) is 26.2 Å². The lowest BCUT2D eigenvalue weighted by atomic mass is 9.98. The van der Waals surface area contributed by atoms with Crippen molar-refractivity contribution in [2.45, 2.75) is 65.8 Å². The van der Waals surface area contributed by atoms with Gasteiger partial charge in [-0.3, -0.25) is 0 Å². The van der Waals surface area contributed by atoms with E-state index in [1.54, 1.807) is 0 Å². The molecule has 0 aromatic heterocycles. The summed E-state index contributed by atoms with van der Waals surface area (Å²) in [5, 5.41) is 3.76. The van der Waals surface area contributed by atoms with Crippen molar-refractivity contribution in [2.24, 2.45) is 11.8 Å². The predicted octanol–water partition coefficient (Wildman–Crippen LogP) is 3.52. The van der Waals surface area contributed by atoms with E-state index >= 15 is 0 Å². The summed E-state index contributed by atoms with van der Waals surface area (Å²) in [6, 6.07) is 0.684. The lowest BCUT2D eigenvalue weighted by Gasteiger charge is -2.30. The molecule has 0 aromatic carbocycles. The average Bonchev–Trinajstić information content (AvgIpc) is 2.58. The Morgan fingerprint density at radius 3 is 2.67 bits per heavy atom. The van der Waals surface area contributed by atoms with Crippen LogP contribution in [0.1, 0.15) is 59.8 Å². The molecule has 3 unspecified atom stereocenters. The van der Waals surface area contributed by atoms with Crippen molar-refractivity contribution in [1.29, 1.82) is 0 Å². The SMILES string of the molecule is CCCNC(CN1CCCC(C)CC1)C(C)CC. The molecule has 0 radical (unpaired) electrons. The highest BCUT2D eigenvalue weighted by molar-refractivity contribution is 4.78. The predicted molar refractivity (Wildman–Crippen MR) is 81.0 cm³/mol. The maximum atomic E-state index is 3.76. The minimum atomic E-state index is 0.684. The van der Waals surface area contributed by atoms with Gasteiger partial charge in [-0.2, -0.15) is 0 Å². The van der Waals surface area contributed by atoms with Crippen LogP contribution in [-0.2, 0) is 0 Å². The van der Waals surface area contributed by atoms with E-state index in [4.69, 9.17) is 0 Å². The molecule has 1 rings (SSSR count). The maximum absolute atomic E-state index is 3.76. The van der Waals surface area contributed by atoms with Gasteiger partial charge in [-0.05, 0) is 57.2 Å². The van der Waals surface area contributed by atoms with Crippen molar-refractivity contribution in [3.8, 4) is 0 Å². The molecule has 0 aliphatic carbocycles. The zero-order valence-electron chi connectivity index (χ0n) is 13.0. The summed E-state index contributed by atoms with van der Waals surface area (Å²) in [4.78, 5) is 2.70. The quantitative estimate of drug-likeness (QED) is 0.748. The van der Waals surface area contributed by atoms with Crippen molar-refractivity contribution in [3.63, 3.8) is 0 Å². The molecule has 0 amide bonds. The molecule has 1 heterocycles. The van der Waals surface area contributed by atoms with Crippen LogP contribution in [0, 0.1) is 11.8 Å². The van der Waals surface area contributed by atoms with Crippen LogP contribution in [0.15, 0.2) is 0 Å². The summed E-state index contributed by atoms with van der Waals surface area (Å²) >= 11 is 0. The van der Waals surface area contributed by atoms with E-state index in [-0.39, 0.29) is 0 Å². The van der Waals surface area contributed by atoms with Gasteiger partial charge in [-0.1, -0.05) is 34.1 Å². The summed E-state index contributed by atoms with van der Waals surface area (Å²) in [7, 11) is 0. The molecular formula is C16H34N2. The molecular weight excluding hydrogens is 220 g/mol. The van der Waals surface area contributed by atoms with Gasteiger partial charge < -0.3 is 10.2 Å². The molecule has 1 aliphatic rings. The number of hydrogen-bond donors (Lipinski definition) is 1. The Morgan fingerprint density at radius 2 is 2.00 bits per heavy atom. The Bertz CT molecular complexity index is 205. The monoisotopic (exact) mass is 254 g/mol. The van der Waals surface area contributed by atoms with E-state index in [9.17, 15) is 0 Å². The first kappa shape index (κ1) is 16.0. The van der Waals surface area contributed by atoms with Crippen molar-refractivity contribution < 1.29 is 0 Å². The van der Waals surface area contributed by atoms with Crippen LogP contribution in [-0.4, -0.2) is 37.1 Å². The fourth-order valence-electron chi connectivity index (χ4n) is 2.84. The fraction of sp³-hybridized carbons (Fsp3) is 1.00. The number of hydrogen-bond acceptors (Lipinski definition) is 2. The van der Waals surface area contributed by atoms with Gasteiger partial charge in [0.05, 0.1) is 0 Å². The molecule has 1 saturated heterocycles. The summed E-state index contributed by atoms with van der Waals surface area (Å²) in [5.41, 5.74) is 0. The van der Waals surface area contributed by atoms with Gasteiger partial charge in [-0.15, -0.1) is 0 Å². The number of nitrogens with one attached hydrogen (secondary N) is 1. The number of nitrogens with zero attached hydrogens (tertiary/aromatic N) is 1. The fourth-order valence-corrected chi connectivity index (χ4v) is 2.84.